The zero-order valence-corrected chi connectivity index (χ0v) is 16.6. The van der Waals surface area contributed by atoms with Gasteiger partial charge in [0.2, 0.25) is 0 Å². The van der Waals surface area contributed by atoms with Gasteiger partial charge in [0, 0.05) is 17.3 Å². The van der Waals surface area contributed by atoms with E-state index in [1.165, 1.54) is 11.5 Å². The van der Waals surface area contributed by atoms with Crippen LogP contribution >= 0.6 is 11.6 Å². The lowest BCUT2D eigenvalue weighted by Crippen LogP contribution is -2.39. The monoisotopic (exact) mass is 413 g/mol. The summed E-state index contributed by atoms with van der Waals surface area (Å²) >= 11 is 6.00. The lowest BCUT2D eigenvalue weighted by atomic mass is 9.86. The van der Waals surface area contributed by atoms with E-state index in [1.54, 1.807) is 36.5 Å². The predicted molar refractivity (Wildman–Crippen MR) is 109 cm³/mol. The first kappa shape index (κ1) is 19.4. The van der Waals surface area contributed by atoms with Gasteiger partial charge in [0.1, 0.15) is 0 Å². The maximum atomic E-state index is 12.9. The maximum Gasteiger partial charge on any atom is 0.308 e. The van der Waals surface area contributed by atoms with Gasteiger partial charge in [0.15, 0.2) is 5.65 Å². The molecule has 1 amide bonds. The highest BCUT2D eigenvalue weighted by atomic mass is 35.5. The Hall–Kier alpha value is -2.93. The number of amides is 1. The second-order valence-corrected chi connectivity index (χ2v) is 7.68. The van der Waals surface area contributed by atoms with Gasteiger partial charge in [-0.1, -0.05) is 11.6 Å². The summed E-state index contributed by atoms with van der Waals surface area (Å²) in [6.07, 6.45) is 4.34. The van der Waals surface area contributed by atoms with Crippen molar-refractivity contribution >= 4 is 40.0 Å². The van der Waals surface area contributed by atoms with Crippen LogP contribution < -0.4 is 10.9 Å². The number of carbonyl (C=O) groups is 2. The molecule has 150 valence electrons. The Morgan fingerprint density at radius 1 is 1.21 bits per heavy atom. The number of carbonyl (C=O) groups excluding carboxylic acids is 2. The Morgan fingerprint density at radius 3 is 2.69 bits per heavy atom. The number of nitrogens with zero attached hydrogens (tertiary/aromatic N) is 2. The summed E-state index contributed by atoms with van der Waals surface area (Å²) in [5.41, 5.74) is 0.837. The third-order valence-electron chi connectivity index (χ3n) is 5.44. The van der Waals surface area contributed by atoms with E-state index in [1.807, 2.05) is 0 Å². The minimum absolute atomic E-state index is 0.0327. The van der Waals surface area contributed by atoms with Crippen LogP contribution in [0.25, 0.3) is 16.6 Å². The molecule has 1 fully saturated rings. The zero-order chi connectivity index (χ0) is 20.5. The quantitative estimate of drug-likeness (QED) is 0.526. The fourth-order valence-electron chi connectivity index (χ4n) is 3.88. The Morgan fingerprint density at radius 2 is 1.97 bits per heavy atom. The van der Waals surface area contributed by atoms with Crippen LogP contribution in [-0.4, -0.2) is 34.4 Å². The highest BCUT2D eigenvalue weighted by Crippen LogP contribution is 2.25. The molecule has 2 aromatic heterocycles. The fourth-order valence-corrected chi connectivity index (χ4v) is 4.05. The highest BCUT2D eigenvalue weighted by molar-refractivity contribution is 6.31. The van der Waals surface area contributed by atoms with Gasteiger partial charge in [-0.3, -0.25) is 18.8 Å². The molecule has 29 heavy (non-hydrogen) atoms. The van der Waals surface area contributed by atoms with Gasteiger partial charge >= 0.3 is 5.97 Å². The summed E-state index contributed by atoms with van der Waals surface area (Å²) in [4.78, 5) is 41.9. The molecule has 0 unspecified atom stereocenters. The molecular formula is C21H20ClN3O4. The van der Waals surface area contributed by atoms with E-state index in [0.717, 1.165) is 0 Å². The van der Waals surface area contributed by atoms with Gasteiger partial charge in [-0.05, 0) is 56.0 Å². The number of hydrogen-bond donors (Lipinski definition) is 1. The van der Waals surface area contributed by atoms with Gasteiger partial charge < -0.3 is 10.1 Å². The smallest absolute Gasteiger partial charge is 0.308 e. The Balaban J connectivity index is 1.62. The number of fused-ring (bicyclic) bond motifs is 2. The number of hydrogen-bond acceptors (Lipinski definition) is 5. The number of aromatic nitrogens is 2. The number of ether oxygens (including phenoxy) is 1. The average molecular weight is 414 g/mol. The van der Waals surface area contributed by atoms with Crippen molar-refractivity contribution in [1.29, 1.82) is 0 Å². The van der Waals surface area contributed by atoms with E-state index in [9.17, 15) is 14.4 Å². The Labute approximate surface area is 171 Å². The molecule has 0 bridgehead atoms. The van der Waals surface area contributed by atoms with Crippen LogP contribution in [0.5, 0.6) is 0 Å². The van der Waals surface area contributed by atoms with E-state index in [4.69, 9.17) is 16.3 Å². The first-order chi connectivity index (χ1) is 14.0. The minimum Gasteiger partial charge on any atom is -0.469 e. The molecular weight excluding hydrogens is 394 g/mol. The van der Waals surface area contributed by atoms with Crippen molar-refractivity contribution in [3.05, 3.63) is 57.5 Å². The largest absolute Gasteiger partial charge is 0.469 e. The van der Waals surface area contributed by atoms with E-state index < -0.39 is 0 Å². The Kier molecular flexibility index (Phi) is 5.24. The summed E-state index contributed by atoms with van der Waals surface area (Å²) in [5.74, 6) is -0.589. The van der Waals surface area contributed by atoms with Crippen molar-refractivity contribution in [2.75, 3.05) is 7.11 Å². The molecule has 2 heterocycles. The molecule has 1 aliphatic rings. The molecule has 7 nitrogen and oxygen atoms in total. The van der Waals surface area contributed by atoms with Crippen LogP contribution in [0.15, 0.2) is 41.3 Å². The number of benzene rings is 1. The molecule has 0 aliphatic heterocycles. The van der Waals surface area contributed by atoms with Crippen LogP contribution in [0.4, 0.5) is 0 Å². The summed E-state index contributed by atoms with van der Waals surface area (Å²) in [7, 11) is 1.39. The molecule has 0 spiro atoms. The summed E-state index contributed by atoms with van der Waals surface area (Å²) in [6, 6.07) is 8.17. The molecule has 1 N–H and O–H groups in total. The van der Waals surface area contributed by atoms with Crippen LogP contribution in [0, 0.1) is 5.92 Å². The lowest BCUT2D eigenvalue weighted by Gasteiger charge is -2.27. The lowest BCUT2D eigenvalue weighted by molar-refractivity contribution is -0.146. The number of halogens is 1. The first-order valence-corrected chi connectivity index (χ1v) is 9.85. The molecule has 8 heteroatoms. The number of nitrogens with one attached hydrogen (secondary N) is 1. The van der Waals surface area contributed by atoms with Crippen molar-refractivity contribution in [2.24, 2.45) is 5.92 Å². The van der Waals surface area contributed by atoms with E-state index in [0.29, 0.717) is 52.8 Å². The molecule has 0 saturated heterocycles. The number of rotatable bonds is 3. The molecule has 0 radical (unpaired) electrons. The van der Waals surface area contributed by atoms with E-state index in [2.05, 4.69) is 10.3 Å². The van der Waals surface area contributed by atoms with Crippen LogP contribution in [0.3, 0.4) is 0 Å². The topological polar surface area (TPSA) is 89.8 Å². The highest BCUT2D eigenvalue weighted by Gasteiger charge is 2.28. The second-order valence-electron chi connectivity index (χ2n) is 7.24. The average Bonchev–Trinajstić information content (AvgIpc) is 2.74. The maximum absolute atomic E-state index is 12.9. The van der Waals surface area contributed by atoms with Gasteiger partial charge in [-0.25, -0.2) is 4.98 Å². The SMILES string of the molecule is COC(=O)C1CCC(NC(=O)c2cccn3c(=O)c4cc(Cl)ccc4nc23)CC1. The van der Waals surface area contributed by atoms with Crippen LogP contribution in [0.1, 0.15) is 36.0 Å². The van der Waals surface area contributed by atoms with Crippen molar-refractivity contribution < 1.29 is 14.3 Å². The third-order valence-corrected chi connectivity index (χ3v) is 5.68. The molecule has 1 saturated carbocycles. The fraction of sp³-hybridized carbons (Fsp3) is 0.333. The van der Waals surface area contributed by atoms with Gasteiger partial charge in [0.05, 0.1) is 29.5 Å². The minimum atomic E-state index is -0.287. The van der Waals surface area contributed by atoms with E-state index >= 15 is 0 Å². The third kappa shape index (κ3) is 3.70. The molecule has 3 aromatic rings. The first-order valence-electron chi connectivity index (χ1n) is 9.47. The summed E-state index contributed by atoms with van der Waals surface area (Å²) in [5, 5.41) is 3.86. The predicted octanol–water partition coefficient (Wildman–Crippen LogP) is 2.96. The van der Waals surface area contributed by atoms with Gasteiger partial charge in [-0.15, -0.1) is 0 Å². The number of pyridine rings is 1. The molecule has 1 aliphatic carbocycles. The van der Waals surface area contributed by atoms with Crippen molar-refractivity contribution in [3.8, 4) is 0 Å². The number of methoxy groups -OCH3 is 1. The zero-order valence-electron chi connectivity index (χ0n) is 15.9. The molecule has 1 aromatic carbocycles. The van der Waals surface area contributed by atoms with E-state index in [-0.39, 0.29) is 29.4 Å². The van der Waals surface area contributed by atoms with Crippen LogP contribution in [-0.2, 0) is 9.53 Å². The standard InChI is InChI=1S/C21H20ClN3O4/c1-29-21(28)12-4-7-14(8-5-12)23-19(26)15-3-2-10-25-18(15)24-17-9-6-13(22)11-16(17)20(25)27/h2-3,6,9-12,14H,4-5,7-8H2,1H3,(H,23,26). The van der Waals surface area contributed by atoms with Crippen molar-refractivity contribution in [1.82, 2.24) is 14.7 Å². The van der Waals surface area contributed by atoms with Crippen molar-refractivity contribution in [2.45, 2.75) is 31.7 Å². The van der Waals surface area contributed by atoms with Gasteiger partial charge in [0.25, 0.3) is 11.5 Å². The molecule has 0 atom stereocenters. The van der Waals surface area contributed by atoms with Gasteiger partial charge in [-0.2, -0.15) is 0 Å². The second kappa shape index (κ2) is 7.83. The van der Waals surface area contributed by atoms with Crippen LogP contribution in [0.2, 0.25) is 5.02 Å². The van der Waals surface area contributed by atoms with Crippen molar-refractivity contribution in [3.63, 3.8) is 0 Å². The summed E-state index contributed by atoms with van der Waals surface area (Å²) in [6.45, 7) is 0. The summed E-state index contributed by atoms with van der Waals surface area (Å²) < 4.78 is 6.16. The molecule has 4 rings (SSSR count). The normalized spacial score (nSPS) is 19.2. The Bertz CT molecular complexity index is 1170. The number of esters is 1.